The van der Waals surface area contributed by atoms with Crippen molar-refractivity contribution in [1.82, 2.24) is 5.32 Å². The van der Waals surface area contributed by atoms with E-state index in [1.165, 1.54) is 0 Å². The normalized spacial score (nSPS) is 12.0. The average molecular weight is 508 g/mol. The Labute approximate surface area is 213 Å². The van der Waals surface area contributed by atoms with Crippen molar-refractivity contribution < 1.29 is 38.9 Å². The predicted molar refractivity (Wildman–Crippen MR) is 135 cm³/mol. The number of aliphatic carboxylic acids is 2. The Hall–Kier alpha value is -3.10. The van der Waals surface area contributed by atoms with Crippen LogP contribution in [0.2, 0.25) is 0 Å². The van der Waals surface area contributed by atoms with Crippen molar-refractivity contribution in [2.45, 2.75) is 103 Å². The fourth-order valence-electron chi connectivity index (χ4n) is 3.45. The van der Waals surface area contributed by atoms with E-state index in [9.17, 15) is 19.2 Å². The molecule has 0 saturated heterocycles. The van der Waals surface area contributed by atoms with Crippen molar-refractivity contribution in [3.63, 3.8) is 0 Å². The van der Waals surface area contributed by atoms with Crippen molar-refractivity contribution in [3.8, 4) is 5.75 Å². The van der Waals surface area contributed by atoms with Crippen LogP contribution in [-0.2, 0) is 19.1 Å². The molecule has 0 spiro atoms. The predicted octanol–water partition coefficient (Wildman–Crippen LogP) is 4.97. The van der Waals surface area contributed by atoms with E-state index in [-0.39, 0.29) is 31.1 Å². The molecule has 0 saturated carbocycles. The van der Waals surface area contributed by atoms with E-state index in [0.29, 0.717) is 18.6 Å². The third-order valence-electron chi connectivity index (χ3n) is 5.34. The molecule has 0 fully saturated rings. The highest BCUT2D eigenvalue weighted by Crippen LogP contribution is 2.17. The van der Waals surface area contributed by atoms with Gasteiger partial charge in [0, 0.05) is 12.8 Å². The molecule has 0 heterocycles. The Bertz CT molecular complexity index is 829. The van der Waals surface area contributed by atoms with Gasteiger partial charge in [0.05, 0.1) is 12.2 Å². The summed E-state index contributed by atoms with van der Waals surface area (Å²) in [7, 11) is 0. The van der Waals surface area contributed by atoms with Gasteiger partial charge in [-0.3, -0.25) is 9.59 Å². The van der Waals surface area contributed by atoms with Crippen LogP contribution in [0.5, 0.6) is 5.75 Å². The molecule has 0 aliphatic rings. The van der Waals surface area contributed by atoms with E-state index in [1.54, 1.807) is 24.3 Å². The summed E-state index contributed by atoms with van der Waals surface area (Å²) in [5.41, 5.74) is -0.0277. The molecule has 1 aromatic rings. The van der Waals surface area contributed by atoms with Crippen LogP contribution < -0.4 is 10.1 Å². The minimum atomic E-state index is -1.22. The number of hydrogen-bond acceptors (Lipinski definition) is 6. The lowest BCUT2D eigenvalue weighted by molar-refractivity contribution is -0.143. The summed E-state index contributed by atoms with van der Waals surface area (Å²) in [6.45, 7) is 6.11. The second kappa shape index (κ2) is 16.5. The van der Waals surface area contributed by atoms with Gasteiger partial charge >= 0.3 is 17.9 Å². The maximum atomic E-state index is 12.0. The Morgan fingerprint density at radius 3 is 1.92 bits per heavy atom. The minimum absolute atomic E-state index is 0.123. The highest BCUT2D eigenvalue weighted by Gasteiger charge is 2.20. The van der Waals surface area contributed by atoms with Gasteiger partial charge in [-0.25, -0.2) is 9.59 Å². The molecule has 1 atom stereocenters. The lowest BCUT2D eigenvalue weighted by Gasteiger charge is -2.19. The molecule has 1 amide bonds. The van der Waals surface area contributed by atoms with Crippen LogP contribution in [0.25, 0.3) is 0 Å². The zero-order valence-electron chi connectivity index (χ0n) is 21.7. The molecule has 0 aliphatic heterocycles. The Morgan fingerprint density at radius 2 is 1.39 bits per heavy atom. The number of unbranched alkanes of at least 4 members (excludes halogenated alkanes) is 7. The molecule has 0 aliphatic carbocycles. The first-order chi connectivity index (χ1) is 17.0. The van der Waals surface area contributed by atoms with Crippen LogP contribution in [0, 0.1) is 0 Å². The number of benzene rings is 1. The highest BCUT2D eigenvalue weighted by atomic mass is 16.6. The lowest BCUT2D eigenvalue weighted by Crippen LogP contribution is -2.41. The summed E-state index contributed by atoms with van der Waals surface area (Å²) in [4.78, 5) is 45.6. The number of amides is 1. The standard InChI is InChI=1S/C27H41NO8/c1-27(2,3)36-26(34)20-13-15-21(16-14-20)35-19-11-9-7-5-4-6-8-10-12-23(29)28-22(25(32)33)17-18-24(30)31/h13-16,22H,4-12,17-19H2,1-3H3,(H,28,29)(H,30,31)(H,32,33). The van der Waals surface area contributed by atoms with Gasteiger partial charge in [-0.1, -0.05) is 38.5 Å². The number of carboxylic acids is 2. The fraction of sp³-hybridized carbons (Fsp3) is 0.630. The van der Waals surface area contributed by atoms with E-state index < -0.39 is 23.6 Å². The van der Waals surface area contributed by atoms with Crippen LogP contribution in [0.15, 0.2) is 24.3 Å². The van der Waals surface area contributed by atoms with Gasteiger partial charge in [0.2, 0.25) is 5.91 Å². The molecule has 1 rings (SSSR count). The quantitative estimate of drug-likeness (QED) is 0.187. The molecule has 1 unspecified atom stereocenters. The third kappa shape index (κ3) is 15.0. The largest absolute Gasteiger partial charge is 0.494 e. The van der Waals surface area contributed by atoms with Crippen LogP contribution in [0.4, 0.5) is 0 Å². The number of ether oxygens (including phenoxy) is 2. The first-order valence-corrected chi connectivity index (χ1v) is 12.7. The van der Waals surface area contributed by atoms with Gasteiger partial charge in [-0.2, -0.15) is 0 Å². The first kappa shape index (κ1) is 30.9. The van der Waals surface area contributed by atoms with Crippen molar-refractivity contribution in [2.24, 2.45) is 0 Å². The number of carboxylic acid groups (broad SMARTS) is 2. The van der Waals surface area contributed by atoms with Crippen LogP contribution in [0.3, 0.4) is 0 Å². The van der Waals surface area contributed by atoms with Gasteiger partial charge in [-0.15, -0.1) is 0 Å². The molecule has 0 bridgehead atoms. The maximum absolute atomic E-state index is 12.0. The number of nitrogens with one attached hydrogen (secondary N) is 1. The second-order valence-electron chi connectivity index (χ2n) is 9.84. The number of rotatable bonds is 18. The van der Waals surface area contributed by atoms with Crippen LogP contribution >= 0.6 is 0 Å². The van der Waals surface area contributed by atoms with Crippen LogP contribution in [0.1, 0.15) is 102 Å². The molecular weight excluding hydrogens is 466 g/mol. The molecule has 1 aromatic carbocycles. The van der Waals surface area contributed by atoms with Gasteiger partial charge in [-0.05, 0) is 64.3 Å². The van der Waals surface area contributed by atoms with Gasteiger partial charge in [0.1, 0.15) is 17.4 Å². The van der Waals surface area contributed by atoms with Crippen molar-refractivity contribution in [1.29, 1.82) is 0 Å². The Kier molecular flexibility index (Phi) is 14.2. The summed E-state index contributed by atoms with van der Waals surface area (Å²) in [6.07, 6.45) is 7.69. The van der Waals surface area contributed by atoms with Crippen molar-refractivity contribution in [2.75, 3.05) is 6.61 Å². The SMILES string of the molecule is CC(C)(C)OC(=O)c1ccc(OCCCCCCCCCCC(=O)NC(CCC(=O)O)C(=O)O)cc1. The third-order valence-corrected chi connectivity index (χ3v) is 5.34. The molecule has 3 N–H and O–H groups in total. The molecule has 9 nitrogen and oxygen atoms in total. The van der Waals surface area contributed by atoms with Gasteiger partial charge in [0.25, 0.3) is 0 Å². The van der Waals surface area contributed by atoms with E-state index in [0.717, 1.165) is 50.7 Å². The summed E-state index contributed by atoms with van der Waals surface area (Å²) >= 11 is 0. The molecule has 0 aromatic heterocycles. The summed E-state index contributed by atoms with van der Waals surface area (Å²) in [6, 6.07) is 5.80. The van der Waals surface area contributed by atoms with E-state index in [2.05, 4.69) is 5.32 Å². The van der Waals surface area contributed by atoms with E-state index in [4.69, 9.17) is 19.7 Å². The molecule has 36 heavy (non-hydrogen) atoms. The van der Waals surface area contributed by atoms with Gasteiger partial charge < -0.3 is 25.0 Å². The zero-order chi connectivity index (χ0) is 27.0. The summed E-state index contributed by atoms with van der Waals surface area (Å²) in [5, 5.41) is 20.1. The minimum Gasteiger partial charge on any atom is -0.494 e. The molecule has 0 radical (unpaired) electrons. The summed E-state index contributed by atoms with van der Waals surface area (Å²) < 4.78 is 11.1. The number of esters is 1. The monoisotopic (exact) mass is 507 g/mol. The van der Waals surface area contributed by atoms with Crippen molar-refractivity contribution in [3.05, 3.63) is 29.8 Å². The smallest absolute Gasteiger partial charge is 0.338 e. The first-order valence-electron chi connectivity index (χ1n) is 12.7. The summed E-state index contributed by atoms with van der Waals surface area (Å²) in [5.74, 6) is -2.28. The molecule has 9 heteroatoms. The average Bonchev–Trinajstić information content (AvgIpc) is 2.79. The van der Waals surface area contributed by atoms with Crippen molar-refractivity contribution >= 4 is 23.8 Å². The highest BCUT2D eigenvalue weighted by molar-refractivity contribution is 5.89. The van der Waals surface area contributed by atoms with Crippen LogP contribution in [-0.4, -0.2) is 52.3 Å². The zero-order valence-corrected chi connectivity index (χ0v) is 21.7. The lowest BCUT2D eigenvalue weighted by atomic mass is 10.1. The van der Waals surface area contributed by atoms with Gasteiger partial charge in [0.15, 0.2) is 0 Å². The topological polar surface area (TPSA) is 139 Å². The second-order valence-corrected chi connectivity index (χ2v) is 9.84. The maximum Gasteiger partial charge on any atom is 0.338 e. The number of hydrogen-bond donors (Lipinski definition) is 3. The molecule has 202 valence electrons. The Balaban J connectivity index is 2.05. The van der Waals surface area contributed by atoms with E-state index >= 15 is 0 Å². The fourth-order valence-corrected chi connectivity index (χ4v) is 3.45. The number of carbonyl (C=O) groups is 4. The Morgan fingerprint density at radius 1 is 0.833 bits per heavy atom. The van der Waals surface area contributed by atoms with E-state index in [1.807, 2.05) is 20.8 Å². The molecular formula is C27H41NO8. The number of carbonyl (C=O) groups excluding carboxylic acids is 2.